The van der Waals surface area contributed by atoms with Crippen LogP contribution in [0.5, 0.6) is 5.75 Å². The average Bonchev–Trinajstić information content (AvgIpc) is 3.20. The van der Waals surface area contributed by atoms with Gasteiger partial charge in [-0.05, 0) is 53.8 Å². The Morgan fingerprint density at radius 2 is 1.69 bits per heavy atom. The van der Waals surface area contributed by atoms with E-state index in [0.29, 0.717) is 30.7 Å². The first-order valence-corrected chi connectivity index (χ1v) is 10.3. The summed E-state index contributed by atoms with van der Waals surface area (Å²) in [7, 11) is 0. The van der Waals surface area contributed by atoms with Gasteiger partial charge >= 0.3 is 0 Å². The molecular formula is C26H25ClFNO3. The number of aliphatic hydroxyl groups is 1. The predicted molar refractivity (Wildman–Crippen MR) is 126 cm³/mol. The molecule has 6 heteroatoms. The van der Waals surface area contributed by atoms with Gasteiger partial charge in [0.25, 0.3) is 0 Å². The maximum Gasteiger partial charge on any atom is 0.166 e. The molecule has 0 fully saturated rings. The van der Waals surface area contributed by atoms with Crippen molar-refractivity contribution in [2.75, 3.05) is 6.61 Å². The van der Waals surface area contributed by atoms with E-state index in [2.05, 4.69) is 0 Å². The fraction of sp³-hybridized carbons (Fsp3) is 0.192. The Balaban J connectivity index is 0.00000289. The SMILES string of the molecule is Cl.O=C(CCc1ccc(F)cc1)c1ccccc1OCC(O)Cn1ccc2ccccc21. The van der Waals surface area contributed by atoms with Crippen LogP contribution in [0.2, 0.25) is 0 Å². The third-order valence-electron chi connectivity index (χ3n) is 5.26. The minimum atomic E-state index is -0.724. The number of aliphatic hydroxyl groups excluding tert-OH is 1. The number of carbonyl (C=O) groups excluding carboxylic acids is 1. The molecule has 0 radical (unpaired) electrons. The molecule has 1 atom stereocenters. The van der Waals surface area contributed by atoms with Crippen molar-refractivity contribution in [3.8, 4) is 5.75 Å². The van der Waals surface area contributed by atoms with Crippen LogP contribution in [0.3, 0.4) is 0 Å². The van der Waals surface area contributed by atoms with Gasteiger partial charge in [0.05, 0.1) is 12.1 Å². The second-order valence-corrected chi connectivity index (χ2v) is 7.54. The summed E-state index contributed by atoms with van der Waals surface area (Å²) in [4.78, 5) is 12.7. The van der Waals surface area contributed by atoms with Crippen LogP contribution in [-0.4, -0.2) is 28.2 Å². The second-order valence-electron chi connectivity index (χ2n) is 7.54. The largest absolute Gasteiger partial charge is 0.490 e. The van der Waals surface area contributed by atoms with Crippen molar-refractivity contribution >= 4 is 29.1 Å². The number of fused-ring (bicyclic) bond motifs is 1. The van der Waals surface area contributed by atoms with Gasteiger partial charge in [0.15, 0.2) is 5.78 Å². The van der Waals surface area contributed by atoms with Crippen molar-refractivity contribution < 1.29 is 19.0 Å². The van der Waals surface area contributed by atoms with E-state index in [1.54, 1.807) is 36.4 Å². The van der Waals surface area contributed by atoms with Crippen molar-refractivity contribution in [2.45, 2.75) is 25.5 Å². The first-order chi connectivity index (χ1) is 15.1. The third-order valence-corrected chi connectivity index (χ3v) is 5.26. The Labute approximate surface area is 192 Å². The Morgan fingerprint density at radius 1 is 0.969 bits per heavy atom. The molecule has 3 aromatic carbocycles. The second kappa shape index (κ2) is 10.9. The van der Waals surface area contributed by atoms with Gasteiger partial charge < -0.3 is 14.4 Å². The molecule has 1 heterocycles. The van der Waals surface area contributed by atoms with Gasteiger partial charge in [-0.1, -0.05) is 42.5 Å². The molecular weight excluding hydrogens is 429 g/mol. The number of ketones is 1. The number of hydrogen-bond acceptors (Lipinski definition) is 3. The Kier molecular flexibility index (Phi) is 8.03. The number of nitrogens with zero attached hydrogens (tertiary/aromatic N) is 1. The molecule has 0 aliphatic heterocycles. The standard InChI is InChI=1S/C26H24FNO3.ClH/c27-21-12-9-19(10-13-21)11-14-25(30)23-6-2-4-8-26(23)31-18-22(29)17-28-16-15-20-5-1-3-7-24(20)28;/h1-10,12-13,15-16,22,29H,11,14,17-18H2;1H. The van der Waals surface area contributed by atoms with E-state index in [9.17, 15) is 14.3 Å². The Morgan fingerprint density at radius 3 is 2.50 bits per heavy atom. The lowest BCUT2D eigenvalue weighted by molar-refractivity contribution is 0.0896. The van der Waals surface area contributed by atoms with Crippen molar-refractivity contribution in [2.24, 2.45) is 0 Å². The zero-order chi connectivity index (χ0) is 21.6. The topological polar surface area (TPSA) is 51.5 Å². The van der Waals surface area contributed by atoms with Crippen LogP contribution in [0, 0.1) is 5.82 Å². The van der Waals surface area contributed by atoms with Gasteiger partial charge in [-0.2, -0.15) is 0 Å². The fourth-order valence-electron chi connectivity index (χ4n) is 3.63. The number of halogens is 2. The van der Waals surface area contributed by atoms with Crippen molar-refractivity contribution in [1.29, 1.82) is 0 Å². The summed E-state index contributed by atoms with van der Waals surface area (Å²) in [5.41, 5.74) is 2.45. The molecule has 4 aromatic rings. The molecule has 4 nitrogen and oxygen atoms in total. The maximum absolute atomic E-state index is 13.0. The molecule has 32 heavy (non-hydrogen) atoms. The van der Waals surface area contributed by atoms with Gasteiger partial charge in [-0.25, -0.2) is 4.39 Å². The number of Topliss-reactive ketones (excluding diaryl/α,β-unsaturated/α-hetero) is 1. The van der Waals surface area contributed by atoms with Gasteiger partial charge in [-0.3, -0.25) is 4.79 Å². The molecule has 0 aliphatic rings. The minimum absolute atomic E-state index is 0. The van der Waals surface area contributed by atoms with Crippen LogP contribution >= 0.6 is 12.4 Å². The number of hydrogen-bond donors (Lipinski definition) is 1. The van der Waals surface area contributed by atoms with E-state index in [-0.39, 0.29) is 30.6 Å². The molecule has 0 saturated carbocycles. The highest BCUT2D eigenvalue weighted by Crippen LogP contribution is 2.21. The van der Waals surface area contributed by atoms with Crippen LogP contribution in [0.4, 0.5) is 4.39 Å². The van der Waals surface area contributed by atoms with Gasteiger partial charge in [0.2, 0.25) is 0 Å². The highest BCUT2D eigenvalue weighted by Gasteiger charge is 2.14. The third kappa shape index (κ3) is 5.75. The molecule has 1 aromatic heterocycles. The smallest absolute Gasteiger partial charge is 0.166 e. The van der Waals surface area contributed by atoms with E-state index in [4.69, 9.17) is 4.74 Å². The normalized spacial score (nSPS) is 11.7. The van der Waals surface area contributed by atoms with Crippen LogP contribution in [0.15, 0.2) is 85.1 Å². The molecule has 0 aliphatic carbocycles. The summed E-state index contributed by atoms with van der Waals surface area (Å²) in [6.45, 7) is 0.475. The molecule has 1 N–H and O–H groups in total. The number of rotatable bonds is 9. The van der Waals surface area contributed by atoms with E-state index in [1.807, 2.05) is 41.1 Å². The van der Waals surface area contributed by atoms with Crippen LogP contribution < -0.4 is 4.74 Å². The Hall–Kier alpha value is -3.15. The summed E-state index contributed by atoms with van der Waals surface area (Å²) in [5.74, 6) is 0.120. The van der Waals surface area contributed by atoms with Crippen molar-refractivity contribution in [3.05, 3.63) is 102 Å². The molecule has 1 unspecified atom stereocenters. The maximum atomic E-state index is 13.0. The van der Waals surface area contributed by atoms with Crippen LogP contribution in [-0.2, 0) is 13.0 Å². The summed E-state index contributed by atoms with van der Waals surface area (Å²) in [6.07, 6.45) is 2.04. The highest BCUT2D eigenvalue weighted by molar-refractivity contribution is 5.98. The van der Waals surface area contributed by atoms with Crippen LogP contribution in [0.25, 0.3) is 10.9 Å². The first-order valence-electron chi connectivity index (χ1n) is 10.3. The predicted octanol–water partition coefficient (Wildman–Crippen LogP) is 5.46. The van der Waals surface area contributed by atoms with Gasteiger partial charge in [-0.15, -0.1) is 12.4 Å². The minimum Gasteiger partial charge on any atom is -0.490 e. The number of benzene rings is 3. The van der Waals surface area contributed by atoms with E-state index < -0.39 is 6.10 Å². The lowest BCUT2D eigenvalue weighted by Gasteiger charge is -2.16. The number of aryl methyl sites for hydroxylation is 1. The zero-order valence-corrected chi connectivity index (χ0v) is 18.3. The Bertz CT molecular complexity index is 1170. The fourth-order valence-corrected chi connectivity index (χ4v) is 3.63. The highest BCUT2D eigenvalue weighted by atomic mass is 35.5. The lowest BCUT2D eigenvalue weighted by Crippen LogP contribution is -2.23. The monoisotopic (exact) mass is 453 g/mol. The molecule has 166 valence electrons. The summed E-state index contributed by atoms with van der Waals surface area (Å²) < 4.78 is 20.8. The summed E-state index contributed by atoms with van der Waals surface area (Å²) in [6, 6.07) is 23.2. The zero-order valence-electron chi connectivity index (χ0n) is 17.5. The van der Waals surface area contributed by atoms with E-state index >= 15 is 0 Å². The number of carbonyl (C=O) groups is 1. The lowest BCUT2D eigenvalue weighted by atomic mass is 10.0. The molecule has 4 rings (SSSR count). The number of ether oxygens (including phenoxy) is 1. The summed E-state index contributed by atoms with van der Waals surface area (Å²) >= 11 is 0. The van der Waals surface area contributed by atoms with Crippen molar-refractivity contribution in [1.82, 2.24) is 4.57 Å². The molecule has 0 amide bonds. The number of aromatic nitrogens is 1. The van der Waals surface area contributed by atoms with E-state index in [0.717, 1.165) is 16.5 Å². The average molecular weight is 454 g/mol. The van der Waals surface area contributed by atoms with Gasteiger partial charge in [0, 0.05) is 18.1 Å². The first kappa shape index (κ1) is 23.5. The number of para-hydroxylation sites is 2. The van der Waals surface area contributed by atoms with E-state index in [1.165, 1.54) is 12.1 Å². The summed E-state index contributed by atoms with van der Waals surface area (Å²) in [5, 5.41) is 11.6. The molecule has 0 spiro atoms. The van der Waals surface area contributed by atoms with Crippen molar-refractivity contribution in [3.63, 3.8) is 0 Å². The molecule has 0 saturated heterocycles. The van der Waals surface area contributed by atoms with Gasteiger partial charge in [0.1, 0.15) is 24.3 Å². The van der Waals surface area contributed by atoms with Crippen LogP contribution in [0.1, 0.15) is 22.3 Å². The quantitative estimate of drug-likeness (QED) is 0.342. The molecule has 0 bridgehead atoms.